The monoisotopic (exact) mass is 690 g/mol. The van der Waals surface area contributed by atoms with Gasteiger partial charge in [0.1, 0.15) is 0 Å². The Balaban J connectivity index is 0.000000248. The summed E-state index contributed by atoms with van der Waals surface area (Å²) in [6.07, 6.45) is 1.19. The number of hydrogen-bond donors (Lipinski definition) is 0. The molecule has 45 heavy (non-hydrogen) atoms. The Kier molecular flexibility index (Phi) is 18.1. The zero-order chi connectivity index (χ0) is 32.1. The van der Waals surface area contributed by atoms with Gasteiger partial charge in [-0.2, -0.15) is 10.2 Å². The molecule has 0 radical (unpaired) electrons. The second kappa shape index (κ2) is 22.1. The Morgan fingerprint density at radius 3 is 1.67 bits per heavy atom. The van der Waals surface area contributed by atoms with Crippen molar-refractivity contribution in [2.24, 2.45) is 0 Å². The van der Waals surface area contributed by atoms with Gasteiger partial charge in [0.15, 0.2) is 0 Å². The fourth-order valence-electron chi connectivity index (χ4n) is 3.73. The number of hydrogen-bond acceptors (Lipinski definition) is 11. The van der Waals surface area contributed by atoms with Gasteiger partial charge in [-0.3, -0.25) is 4.79 Å². The van der Waals surface area contributed by atoms with E-state index in [0.29, 0.717) is 18.9 Å². The Morgan fingerprint density at radius 1 is 0.667 bits per heavy atom. The van der Waals surface area contributed by atoms with E-state index in [4.69, 9.17) is 18.9 Å². The van der Waals surface area contributed by atoms with Gasteiger partial charge in [0, 0.05) is 55.8 Å². The maximum Gasteiger partial charge on any atom is 0.312 e. The summed E-state index contributed by atoms with van der Waals surface area (Å²) in [4.78, 5) is 12.0. The summed E-state index contributed by atoms with van der Waals surface area (Å²) in [6, 6.07) is 23.4. The van der Waals surface area contributed by atoms with Crippen molar-refractivity contribution >= 4 is 49.1 Å². The lowest BCUT2D eigenvalue weighted by Gasteiger charge is -2.08. The predicted octanol–water partition coefficient (Wildman–Crippen LogP) is 7.48. The maximum atomic E-state index is 12.0. The molecule has 0 N–H and O–H groups in total. The summed E-state index contributed by atoms with van der Waals surface area (Å²) in [7, 11) is 10.6. The van der Waals surface area contributed by atoms with Crippen molar-refractivity contribution in [2.75, 3.05) is 57.1 Å². The van der Waals surface area contributed by atoms with Crippen molar-refractivity contribution in [3.63, 3.8) is 0 Å². The topological polar surface area (TPSA) is 89.6 Å². The summed E-state index contributed by atoms with van der Waals surface area (Å²) >= 11 is 0. The molecular formula is C32H42N4O5S4. The Morgan fingerprint density at radius 2 is 1.13 bits per heavy atom. The first-order chi connectivity index (χ1) is 22.0. The highest BCUT2D eigenvalue weighted by atomic mass is 33.1. The van der Waals surface area contributed by atoms with Gasteiger partial charge in [0.2, 0.25) is 11.8 Å². The molecule has 0 bridgehead atoms. The number of carbonyl (C=O) groups excluding carboxylic acids is 1. The van der Waals surface area contributed by atoms with Crippen molar-refractivity contribution in [1.82, 2.24) is 19.6 Å². The molecule has 0 aliphatic heterocycles. The van der Waals surface area contributed by atoms with Crippen LogP contribution in [0.2, 0.25) is 0 Å². The van der Waals surface area contributed by atoms with E-state index in [1.54, 1.807) is 57.3 Å². The third kappa shape index (κ3) is 14.2. The number of rotatable bonds is 19. The zero-order valence-corrected chi connectivity index (χ0v) is 29.5. The molecular weight excluding hydrogens is 649 g/mol. The van der Waals surface area contributed by atoms with Crippen LogP contribution in [0.4, 0.5) is 0 Å². The van der Waals surface area contributed by atoms with E-state index in [1.807, 2.05) is 96.1 Å². The number of nitrogens with zero attached hydrogens (tertiary/aromatic N) is 4. The van der Waals surface area contributed by atoms with Crippen LogP contribution in [0.15, 0.2) is 72.8 Å². The number of ether oxygens (including phenoxy) is 4. The molecule has 13 heteroatoms. The normalized spacial score (nSPS) is 10.8. The second-order valence-corrected chi connectivity index (χ2v) is 14.8. The van der Waals surface area contributed by atoms with E-state index in [0.717, 1.165) is 71.3 Å². The summed E-state index contributed by atoms with van der Waals surface area (Å²) in [5.74, 6) is 4.85. The average molecular weight is 691 g/mol. The van der Waals surface area contributed by atoms with Crippen LogP contribution in [0.1, 0.15) is 24.2 Å². The molecule has 0 aliphatic carbocycles. The van der Waals surface area contributed by atoms with Crippen LogP contribution in [-0.2, 0) is 14.3 Å². The Hall–Kier alpha value is -2.55. The van der Waals surface area contributed by atoms with Gasteiger partial charge in [-0.05, 0) is 44.5 Å². The van der Waals surface area contributed by atoms with Crippen LogP contribution in [-0.4, -0.2) is 82.6 Å². The van der Waals surface area contributed by atoms with Crippen molar-refractivity contribution in [3.05, 3.63) is 84.2 Å². The van der Waals surface area contributed by atoms with Crippen LogP contribution in [0.5, 0.6) is 11.8 Å². The van der Waals surface area contributed by atoms with Crippen molar-refractivity contribution < 1.29 is 23.7 Å². The standard InChI is InChI=1S/C17H22N2O3S2.C15H20N2O2S2/c1-14-13-16(19(18-14)15-7-4-3-5-8-15)22-17(20)9-6-11-23-24-12-10-21-2;1-13-12-15(19-9-11-21-20-10-8-18-2)17(16-13)14-6-4-3-5-7-14/h3-5,7-8,13H,6,9-12H2,1-2H3;3-7,12H,8-11H2,1-2H3. The van der Waals surface area contributed by atoms with Crippen molar-refractivity contribution in [3.8, 4) is 23.1 Å². The van der Waals surface area contributed by atoms with Gasteiger partial charge in [-0.1, -0.05) is 79.6 Å². The van der Waals surface area contributed by atoms with E-state index in [9.17, 15) is 4.79 Å². The minimum absolute atomic E-state index is 0.227. The molecule has 0 fully saturated rings. The van der Waals surface area contributed by atoms with E-state index in [1.165, 1.54) is 0 Å². The quantitative estimate of drug-likeness (QED) is 0.0557. The van der Waals surface area contributed by atoms with Crippen LogP contribution in [0, 0.1) is 13.8 Å². The molecule has 9 nitrogen and oxygen atoms in total. The third-order valence-corrected chi connectivity index (χ3v) is 10.5. The lowest BCUT2D eigenvalue weighted by Crippen LogP contribution is -2.11. The fraction of sp³-hybridized carbons (Fsp3) is 0.406. The Bertz CT molecular complexity index is 1370. The molecule has 0 saturated heterocycles. The molecule has 0 saturated carbocycles. The van der Waals surface area contributed by atoms with Gasteiger partial charge in [0.05, 0.1) is 42.6 Å². The minimum Gasteiger partial charge on any atom is -0.477 e. The van der Waals surface area contributed by atoms with Gasteiger partial charge in [-0.15, -0.1) is 0 Å². The van der Waals surface area contributed by atoms with Crippen LogP contribution in [0.3, 0.4) is 0 Å². The molecule has 0 unspecified atom stereocenters. The molecule has 0 amide bonds. The molecule has 4 rings (SSSR count). The number of aryl methyl sites for hydroxylation is 2. The predicted molar refractivity (Wildman–Crippen MR) is 191 cm³/mol. The highest BCUT2D eigenvalue weighted by Crippen LogP contribution is 2.24. The minimum atomic E-state index is -0.227. The largest absolute Gasteiger partial charge is 0.477 e. The van der Waals surface area contributed by atoms with E-state index in [2.05, 4.69) is 10.2 Å². The van der Waals surface area contributed by atoms with E-state index >= 15 is 0 Å². The molecule has 0 aliphatic rings. The molecule has 2 aromatic heterocycles. The van der Waals surface area contributed by atoms with Gasteiger partial charge >= 0.3 is 5.97 Å². The molecule has 0 atom stereocenters. The van der Waals surface area contributed by atoms with Gasteiger partial charge < -0.3 is 18.9 Å². The number of para-hydroxylation sites is 2. The molecule has 2 aromatic carbocycles. The number of methoxy groups -OCH3 is 2. The Labute approximate surface area is 282 Å². The average Bonchev–Trinajstić information content (AvgIpc) is 3.62. The first kappa shape index (κ1) is 36.9. The lowest BCUT2D eigenvalue weighted by atomic mass is 10.3. The molecule has 4 aromatic rings. The van der Waals surface area contributed by atoms with Crippen LogP contribution < -0.4 is 9.47 Å². The third-order valence-electron chi connectivity index (χ3n) is 5.75. The fourth-order valence-corrected chi connectivity index (χ4v) is 7.46. The summed E-state index contributed by atoms with van der Waals surface area (Å²) in [5.41, 5.74) is 3.66. The highest BCUT2D eigenvalue weighted by molar-refractivity contribution is 8.77. The summed E-state index contributed by atoms with van der Waals surface area (Å²) in [5, 5.41) is 8.88. The summed E-state index contributed by atoms with van der Waals surface area (Å²) in [6.45, 7) is 6.07. The van der Waals surface area contributed by atoms with Gasteiger partial charge in [-0.25, -0.2) is 9.36 Å². The zero-order valence-electron chi connectivity index (χ0n) is 26.3. The van der Waals surface area contributed by atoms with E-state index in [-0.39, 0.29) is 5.97 Å². The van der Waals surface area contributed by atoms with E-state index < -0.39 is 0 Å². The number of carbonyl (C=O) groups is 1. The SMILES string of the molecule is COCCSSCCCC(=O)Oc1cc(C)nn1-c1ccccc1.COCCSSCCOc1cc(C)nn1-c1ccccc1. The molecule has 0 spiro atoms. The number of benzene rings is 2. The smallest absolute Gasteiger partial charge is 0.312 e. The van der Waals surface area contributed by atoms with Crippen molar-refractivity contribution in [1.29, 1.82) is 0 Å². The number of esters is 1. The maximum absolute atomic E-state index is 12.0. The second-order valence-electron chi connectivity index (χ2n) is 9.44. The first-order valence-corrected chi connectivity index (χ1v) is 19.5. The van der Waals surface area contributed by atoms with Gasteiger partial charge in [0.25, 0.3) is 0 Å². The van der Waals surface area contributed by atoms with Crippen LogP contribution >= 0.6 is 43.2 Å². The highest BCUT2D eigenvalue weighted by Gasteiger charge is 2.13. The lowest BCUT2D eigenvalue weighted by molar-refractivity contribution is -0.134. The summed E-state index contributed by atoms with van der Waals surface area (Å²) < 4.78 is 24.8. The first-order valence-electron chi connectivity index (χ1n) is 14.6. The molecule has 2 heterocycles. The molecule has 244 valence electrons. The van der Waals surface area contributed by atoms with Crippen LogP contribution in [0.25, 0.3) is 11.4 Å². The number of aromatic nitrogens is 4. The van der Waals surface area contributed by atoms with Crippen molar-refractivity contribution in [2.45, 2.75) is 26.7 Å².